The summed E-state index contributed by atoms with van der Waals surface area (Å²) in [6.07, 6.45) is 7.63. The number of nitrogens with one attached hydrogen (secondary N) is 1. The summed E-state index contributed by atoms with van der Waals surface area (Å²) >= 11 is 1.84. The second kappa shape index (κ2) is 8.05. The summed E-state index contributed by atoms with van der Waals surface area (Å²) in [5, 5.41) is 3.40. The lowest BCUT2D eigenvalue weighted by atomic mass is 9.96. The third-order valence-electron chi connectivity index (χ3n) is 4.06. The first-order chi connectivity index (χ1) is 8.86. The van der Waals surface area contributed by atoms with Crippen LogP contribution in [0.5, 0.6) is 0 Å². The molecule has 0 aromatic rings. The number of carbonyl (C=O) groups excluding carboxylic acids is 1. The summed E-state index contributed by atoms with van der Waals surface area (Å²) in [5.74, 6) is 3.11. The van der Waals surface area contributed by atoms with Gasteiger partial charge in [-0.3, -0.25) is 4.79 Å². The minimum absolute atomic E-state index is 0.366. The summed E-state index contributed by atoms with van der Waals surface area (Å²) in [7, 11) is 0. The Balaban J connectivity index is 1.52. The van der Waals surface area contributed by atoms with E-state index < -0.39 is 0 Å². The highest BCUT2D eigenvalue weighted by molar-refractivity contribution is 7.99. The predicted molar refractivity (Wildman–Crippen MR) is 78.0 cm³/mol. The molecule has 18 heavy (non-hydrogen) atoms. The zero-order valence-corrected chi connectivity index (χ0v) is 12.1. The van der Waals surface area contributed by atoms with Crippen LogP contribution < -0.4 is 5.32 Å². The van der Waals surface area contributed by atoms with Gasteiger partial charge in [-0.2, -0.15) is 11.8 Å². The van der Waals surface area contributed by atoms with E-state index in [1.54, 1.807) is 0 Å². The van der Waals surface area contributed by atoms with Crippen LogP contribution in [0, 0.1) is 5.92 Å². The summed E-state index contributed by atoms with van der Waals surface area (Å²) in [4.78, 5) is 14.0. The molecule has 0 aromatic carbocycles. The van der Waals surface area contributed by atoms with Gasteiger partial charge in [0.05, 0.1) is 5.75 Å². The number of thioether (sulfide) groups is 1. The lowest BCUT2D eigenvalue weighted by Crippen LogP contribution is -2.36. The minimum Gasteiger partial charge on any atom is -0.342 e. The number of likely N-dealkylation sites (tertiary alicyclic amines) is 1. The van der Waals surface area contributed by atoms with E-state index in [2.05, 4.69) is 10.2 Å². The van der Waals surface area contributed by atoms with Gasteiger partial charge in [0.2, 0.25) is 5.91 Å². The highest BCUT2D eigenvalue weighted by Gasteiger charge is 2.17. The predicted octanol–water partition coefficient (Wildman–Crippen LogP) is 2.12. The Morgan fingerprint density at radius 3 is 2.61 bits per heavy atom. The molecule has 4 heteroatoms. The molecule has 0 spiro atoms. The first-order valence-corrected chi connectivity index (χ1v) is 8.58. The highest BCUT2D eigenvalue weighted by Crippen LogP contribution is 2.19. The van der Waals surface area contributed by atoms with Gasteiger partial charge in [0.1, 0.15) is 0 Å². The first kappa shape index (κ1) is 14.2. The van der Waals surface area contributed by atoms with Crippen molar-refractivity contribution in [3.05, 3.63) is 0 Å². The van der Waals surface area contributed by atoms with Crippen LogP contribution in [0.2, 0.25) is 0 Å². The summed E-state index contributed by atoms with van der Waals surface area (Å²) in [6, 6.07) is 0. The molecule has 1 amide bonds. The van der Waals surface area contributed by atoms with E-state index >= 15 is 0 Å². The topological polar surface area (TPSA) is 32.3 Å². The molecule has 2 fully saturated rings. The number of rotatable bonds is 5. The van der Waals surface area contributed by atoms with Gasteiger partial charge in [0, 0.05) is 13.1 Å². The van der Waals surface area contributed by atoms with E-state index in [1.165, 1.54) is 51.6 Å². The largest absolute Gasteiger partial charge is 0.342 e. The van der Waals surface area contributed by atoms with Crippen molar-refractivity contribution in [2.45, 2.75) is 38.5 Å². The molecule has 2 saturated heterocycles. The van der Waals surface area contributed by atoms with Gasteiger partial charge in [0.25, 0.3) is 0 Å². The molecule has 0 aromatic heterocycles. The maximum Gasteiger partial charge on any atom is 0.232 e. The molecule has 0 unspecified atom stereocenters. The van der Waals surface area contributed by atoms with Crippen LogP contribution in [0.25, 0.3) is 0 Å². The molecular weight excluding hydrogens is 244 g/mol. The molecule has 2 aliphatic heterocycles. The molecule has 0 saturated carbocycles. The van der Waals surface area contributed by atoms with E-state index in [4.69, 9.17) is 0 Å². The van der Waals surface area contributed by atoms with Crippen LogP contribution >= 0.6 is 11.8 Å². The Bertz CT molecular complexity index is 248. The molecule has 1 N–H and O–H groups in total. The van der Waals surface area contributed by atoms with Gasteiger partial charge < -0.3 is 10.2 Å². The molecule has 2 heterocycles. The van der Waals surface area contributed by atoms with Crippen LogP contribution in [0.1, 0.15) is 38.5 Å². The van der Waals surface area contributed by atoms with Crippen LogP contribution in [0.3, 0.4) is 0 Å². The Morgan fingerprint density at radius 1 is 1.17 bits per heavy atom. The molecule has 104 valence electrons. The van der Waals surface area contributed by atoms with Crippen molar-refractivity contribution in [3.63, 3.8) is 0 Å². The van der Waals surface area contributed by atoms with Crippen molar-refractivity contribution in [1.29, 1.82) is 0 Å². The summed E-state index contributed by atoms with van der Waals surface area (Å²) < 4.78 is 0. The second-order valence-electron chi connectivity index (χ2n) is 5.48. The quantitative estimate of drug-likeness (QED) is 0.777. The zero-order chi connectivity index (χ0) is 12.6. The van der Waals surface area contributed by atoms with E-state index in [0.717, 1.165) is 24.8 Å². The zero-order valence-electron chi connectivity index (χ0n) is 11.3. The lowest BCUT2D eigenvalue weighted by Gasteiger charge is -2.26. The van der Waals surface area contributed by atoms with E-state index in [9.17, 15) is 4.79 Å². The number of hydrogen-bond acceptors (Lipinski definition) is 3. The Kier molecular flexibility index (Phi) is 6.35. The molecule has 2 rings (SSSR count). The van der Waals surface area contributed by atoms with E-state index in [-0.39, 0.29) is 0 Å². The van der Waals surface area contributed by atoms with Crippen molar-refractivity contribution in [2.75, 3.05) is 37.7 Å². The Hall–Kier alpha value is -0.220. The Labute approximate surface area is 115 Å². The molecular formula is C14H26N2OS. The number of nitrogens with zero attached hydrogens (tertiary/aromatic N) is 1. The molecule has 0 aliphatic carbocycles. The standard InChI is InChI=1S/C14H26N2OS/c17-14(16-9-2-1-3-10-16)12-18-11-6-13-4-7-15-8-5-13/h13,15H,1-12H2. The number of piperidine rings is 2. The van der Waals surface area contributed by atoms with Crippen LogP contribution in [-0.2, 0) is 4.79 Å². The molecule has 0 bridgehead atoms. The summed E-state index contributed by atoms with van der Waals surface area (Å²) in [6.45, 7) is 4.35. The van der Waals surface area contributed by atoms with Gasteiger partial charge in [-0.25, -0.2) is 0 Å². The lowest BCUT2D eigenvalue weighted by molar-refractivity contribution is -0.129. The van der Waals surface area contributed by atoms with Crippen LogP contribution in [-0.4, -0.2) is 48.5 Å². The summed E-state index contributed by atoms with van der Waals surface area (Å²) in [5.41, 5.74) is 0. The van der Waals surface area contributed by atoms with Crippen molar-refractivity contribution in [2.24, 2.45) is 5.92 Å². The van der Waals surface area contributed by atoms with E-state index in [1.807, 2.05) is 11.8 Å². The minimum atomic E-state index is 0.366. The smallest absolute Gasteiger partial charge is 0.232 e. The maximum atomic E-state index is 11.9. The van der Waals surface area contributed by atoms with Crippen molar-refractivity contribution < 1.29 is 4.79 Å². The van der Waals surface area contributed by atoms with Gasteiger partial charge in [-0.1, -0.05) is 0 Å². The molecule has 3 nitrogen and oxygen atoms in total. The van der Waals surface area contributed by atoms with Gasteiger partial charge in [-0.15, -0.1) is 0 Å². The van der Waals surface area contributed by atoms with Crippen molar-refractivity contribution in [1.82, 2.24) is 10.2 Å². The van der Waals surface area contributed by atoms with Crippen LogP contribution in [0.4, 0.5) is 0 Å². The SMILES string of the molecule is O=C(CSCCC1CCNCC1)N1CCCCC1. The van der Waals surface area contributed by atoms with Gasteiger partial charge in [0.15, 0.2) is 0 Å². The highest BCUT2D eigenvalue weighted by atomic mass is 32.2. The number of hydrogen-bond donors (Lipinski definition) is 1. The van der Waals surface area contributed by atoms with Crippen molar-refractivity contribution in [3.8, 4) is 0 Å². The van der Waals surface area contributed by atoms with Gasteiger partial charge in [-0.05, 0) is 63.3 Å². The third kappa shape index (κ3) is 4.81. The fraction of sp³-hybridized carbons (Fsp3) is 0.929. The molecule has 0 radical (unpaired) electrons. The second-order valence-corrected chi connectivity index (χ2v) is 6.58. The monoisotopic (exact) mass is 270 g/mol. The normalized spacial score (nSPS) is 22.1. The number of amides is 1. The average molecular weight is 270 g/mol. The molecule has 0 atom stereocenters. The first-order valence-electron chi connectivity index (χ1n) is 7.42. The maximum absolute atomic E-state index is 11.9. The van der Waals surface area contributed by atoms with E-state index in [0.29, 0.717) is 11.7 Å². The van der Waals surface area contributed by atoms with Gasteiger partial charge >= 0.3 is 0 Å². The molecule has 2 aliphatic rings. The fourth-order valence-electron chi connectivity index (χ4n) is 2.81. The van der Waals surface area contributed by atoms with Crippen molar-refractivity contribution >= 4 is 17.7 Å². The third-order valence-corrected chi connectivity index (χ3v) is 5.04. The Morgan fingerprint density at radius 2 is 1.89 bits per heavy atom. The fourth-order valence-corrected chi connectivity index (χ4v) is 3.82. The number of carbonyl (C=O) groups is 1. The van der Waals surface area contributed by atoms with Crippen LogP contribution in [0.15, 0.2) is 0 Å². The average Bonchev–Trinajstić information content (AvgIpc) is 2.45.